The van der Waals surface area contributed by atoms with Gasteiger partial charge in [0.25, 0.3) is 5.89 Å². The van der Waals surface area contributed by atoms with Crippen LogP contribution in [-0.2, 0) is 5.41 Å². The lowest BCUT2D eigenvalue weighted by atomic mass is 9.83. The fourth-order valence-corrected chi connectivity index (χ4v) is 3.70. The van der Waals surface area contributed by atoms with Gasteiger partial charge in [-0.3, -0.25) is 0 Å². The Morgan fingerprint density at radius 1 is 0.968 bits per heavy atom. The molecule has 3 aromatic carbocycles. The first-order valence-corrected chi connectivity index (χ1v) is 10.3. The zero-order chi connectivity index (χ0) is 22.3. The number of phenols is 1. The minimum absolute atomic E-state index is 0.0357. The Hall–Kier alpha value is -3.18. The molecule has 0 fully saturated rings. The van der Waals surface area contributed by atoms with Crippen LogP contribution in [0, 0.1) is 12.7 Å². The van der Waals surface area contributed by atoms with Crippen molar-refractivity contribution in [1.82, 2.24) is 10.1 Å². The van der Waals surface area contributed by atoms with E-state index >= 15 is 0 Å². The molecule has 0 saturated carbocycles. The Bertz CT molecular complexity index is 1250. The molecule has 4 rings (SSSR count). The maximum absolute atomic E-state index is 14.3. The summed E-state index contributed by atoms with van der Waals surface area (Å²) in [5, 5.41) is 15.4. The number of nitrogens with zero attached hydrogens (tertiary/aromatic N) is 2. The summed E-state index contributed by atoms with van der Waals surface area (Å²) in [4.78, 5) is 4.35. The third-order valence-electron chi connectivity index (χ3n) is 5.25. The molecule has 0 amide bonds. The van der Waals surface area contributed by atoms with Crippen molar-refractivity contribution in [2.24, 2.45) is 0 Å². The van der Waals surface area contributed by atoms with Crippen LogP contribution < -0.4 is 0 Å². The molecule has 1 aromatic heterocycles. The average molecular weight is 437 g/mol. The molecule has 0 aliphatic heterocycles. The number of hydrogen-bond acceptors (Lipinski definition) is 4. The van der Waals surface area contributed by atoms with Gasteiger partial charge < -0.3 is 9.63 Å². The van der Waals surface area contributed by atoms with E-state index in [0.29, 0.717) is 11.1 Å². The van der Waals surface area contributed by atoms with Gasteiger partial charge >= 0.3 is 0 Å². The van der Waals surface area contributed by atoms with Crippen LogP contribution in [0.25, 0.3) is 34.0 Å². The summed E-state index contributed by atoms with van der Waals surface area (Å²) in [5.41, 5.74) is 3.86. The molecule has 31 heavy (non-hydrogen) atoms. The SMILES string of the molecule is Cc1ccccc1-c1cc(C(C)(C)C)cc(-c2noc(-c3c(F)cccc3Cl)n2)c1O. The fourth-order valence-electron chi connectivity index (χ4n) is 3.45. The van der Waals surface area contributed by atoms with E-state index in [1.807, 2.05) is 43.3 Å². The summed E-state index contributed by atoms with van der Waals surface area (Å²) in [6, 6.07) is 16.0. The second-order valence-electron chi connectivity index (χ2n) is 8.50. The highest BCUT2D eigenvalue weighted by Gasteiger charge is 2.24. The van der Waals surface area contributed by atoms with Crippen LogP contribution in [0.15, 0.2) is 59.1 Å². The normalized spacial score (nSPS) is 11.7. The molecule has 4 nitrogen and oxygen atoms in total. The Morgan fingerprint density at radius 2 is 1.68 bits per heavy atom. The topological polar surface area (TPSA) is 59.2 Å². The first-order valence-electron chi connectivity index (χ1n) is 9.89. The highest BCUT2D eigenvalue weighted by Crippen LogP contribution is 2.42. The Kier molecular flexibility index (Phi) is 5.31. The van der Waals surface area contributed by atoms with Gasteiger partial charge in [-0.2, -0.15) is 4.98 Å². The molecule has 6 heteroatoms. The Labute approximate surface area is 185 Å². The fraction of sp³-hybridized carbons (Fsp3) is 0.200. The van der Waals surface area contributed by atoms with Crippen molar-refractivity contribution in [1.29, 1.82) is 0 Å². The number of hydrogen-bond donors (Lipinski definition) is 1. The average Bonchev–Trinajstić information content (AvgIpc) is 3.17. The van der Waals surface area contributed by atoms with Gasteiger partial charge in [0, 0.05) is 5.56 Å². The molecule has 0 unspecified atom stereocenters. The zero-order valence-corrected chi connectivity index (χ0v) is 18.5. The van der Waals surface area contributed by atoms with E-state index in [1.54, 1.807) is 6.07 Å². The molecule has 1 N–H and O–H groups in total. The van der Waals surface area contributed by atoms with Crippen molar-refractivity contribution in [2.75, 3.05) is 0 Å². The third kappa shape index (κ3) is 3.93. The first-order chi connectivity index (χ1) is 14.7. The predicted octanol–water partition coefficient (Wildman–Crippen LogP) is 7.17. The molecule has 0 saturated heterocycles. The summed E-state index contributed by atoms with van der Waals surface area (Å²) in [7, 11) is 0. The standard InChI is InChI=1S/C25H22ClFN2O2/c1-14-8-5-6-9-16(14)17-12-15(25(2,3)4)13-18(22(17)30)23-28-24(31-29-23)21-19(26)10-7-11-20(21)27/h5-13,30H,1-4H3. The van der Waals surface area contributed by atoms with E-state index in [4.69, 9.17) is 16.1 Å². The Morgan fingerprint density at radius 3 is 2.35 bits per heavy atom. The van der Waals surface area contributed by atoms with Crippen LogP contribution in [0.1, 0.15) is 31.9 Å². The van der Waals surface area contributed by atoms with Gasteiger partial charge in [-0.15, -0.1) is 0 Å². The van der Waals surface area contributed by atoms with E-state index in [2.05, 4.69) is 30.9 Å². The lowest BCUT2D eigenvalue weighted by Crippen LogP contribution is -2.11. The van der Waals surface area contributed by atoms with Crippen LogP contribution in [-0.4, -0.2) is 15.2 Å². The van der Waals surface area contributed by atoms with Crippen LogP contribution in [0.5, 0.6) is 5.75 Å². The van der Waals surface area contributed by atoms with Gasteiger partial charge in [-0.25, -0.2) is 4.39 Å². The van der Waals surface area contributed by atoms with Crippen LogP contribution >= 0.6 is 11.6 Å². The summed E-state index contributed by atoms with van der Waals surface area (Å²) < 4.78 is 19.6. The first kappa shape index (κ1) is 21.1. The third-order valence-corrected chi connectivity index (χ3v) is 5.57. The highest BCUT2D eigenvalue weighted by atomic mass is 35.5. The number of aryl methyl sites for hydroxylation is 1. The van der Waals surface area contributed by atoms with Gasteiger partial charge in [0.1, 0.15) is 11.6 Å². The van der Waals surface area contributed by atoms with Crippen molar-refractivity contribution < 1.29 is 14.0 Å². The van der Waals surface area contributed by atoms with Crippen molar-refractivity contribution in [3.8, 4) is 39.7 Å². The van der Waals surface area contributed by atoms with E-state index in [-0.39, 0.29) is 33.5 Å². The summed E-state index contributed by atoms with van der Waals surface area (Å²) in [6.07, 6.45) is 0. The number of aromatic hydroxyl groups is 1. The smallest absolute Gasteiger partial charge is 0.262 e. The van der Waals surface area contributed by atoms with Gasteiger partial charge in [-0.05, 0) is 53.3 Å². The van der Waals surface area contributed by atoms with Crippen molar-refractivity contribution >= 4 is 11.6 Å². The molecular weight excluding hydrogens is 415 g/mol. The summed E-state index contributed by atoms with van der Waals surface area (Å²) in [5.74, 6) is -0.408. The summed E-state index contributed by atoms with van der Waals surface area (Å²) in [6.45, 7) is 8.26. The monoisotopic (exact) mass is 436 g/mol. The minimum Gasteiger partial charge on any atom is -0.507 e. The van der Waals surface area contributed by atoms with Crippen molar-refractivity contribution in [3.05, 3.63) is 76.6 Å². The van der Waals surface area contributed by atoms with Gasteiger partial charge in [-0.1, -0.05) is 67.9 Å². The molecule has 0 radical (unpaired) electrons. The van der Waals surface area contributed by atoms with Gasteiger partial charge in [0.05, 0.1) is 16.1 Å². The zero-order valence-electron chi connectivity index (χ0n) is 17.7. The maximum atomic E-state index is 14.3. The van der Waals surface area contributed by atoms with E-state index in [0.717, 1.165) is 16.7 Å². The van der Waals surface area contributed by atoms with Crippen molar-refractivity contribution in [2.45, 2.75) is 33.1 Å². The quantitative estimate of drug-likeness (QED) is 0.369. The van der Waals surface area contributed by atoms with Crippen LogP contribution in [0.4, 0.5) is 4.39 Å². The van der Waals surface area contributed by atoms with E-state index in [1.165, 1.54) is 12.1 Å². The molecule has 0 bridgehead atoms. The summed E-state index contributed by atoms with van der Waals surface area (Å²) >= 11 is 6.14. The Balaban J connectivity index is 1.93. The van der Waals surface area contributed by atoms with Crippen LogP contribution in [0.2, 0.25) is 5.02 Å². The lowest BCUT2D eigenvalue weighted by molar-refractivity contribution is 0.428. The number of aromatic nitrogens is 2. The minimum atomic E-state index is -0.559. The number of benzene rings is 3. The second-order valence-corrected chi connectivity index (χ2v) is 8.91. The molecule has 0 aliphatic rings. The van der Waals surface area contributed by atoms with E-state index in [9.17, 15) is 9.50 Å². The molecule has 1 heterocycles. The lowest BCUT2D eigenvalue weighted by Gasteiger charge is -2.22. The molecule has 4 aromatic rings. The highest BCUT2D eigenvalue weighted by molar-refractivity contribution is 6.33. The van der Waals surface area contributed by atoms with Gasteiger partial charge in [0.15, 0.2) is 0 Å². The van der Waals surface area contributed by atoms with Crippen molar-refractivity contribution in [3.63, 3.8) is 0 Å². The molecule has 0 spiro atoms. The number of rotatable bonds is 3. The molecule has 0 atom stereocenters. The molecule has 158 valence electrons. The molecule has 0 aliphatic carbocycles. The second kappa shape index (κ2) is 7.82. The number of phenolic OH excluding ortho intramolecular Hbond substituents is 1. The van der Waals surface area contributed by atoms with Crippen LogP contribution in [0.3, 0.4) is 0 Å². The molecular formula is C25H22ClFN2O2. The largest absolute Gasteiger partial charge is 0.507 e. The van der Waals surface area contributed by atoms with E-state index < -0.39 is 5.82 Å². The maximum Gasteiger partial charge on any atom is 0.262 e. The van der Waals surface area contributed by atoms with Gasteiger partial charge in [0.2, 0.25) is 5.82 Å². The predicted molar refractivity (Wildman–Crippen MR) is 121 cm³/mol. The number of halogens is 2.